The minimum Gasteiger partial charge on any atom is -0.285 e. The first-order valence-corrected chi connectivity index (χ1v) is 11.5. The van der Waals surface area contributed by atoms with Crippen LogP contribution in [-0.4, -0.2) is 38.9 Å². The van der Waals surface area contributed by atoms with Gasteiger partial charge in [-0.2, -0.15) is 25.3 Å². The highest BCUT2D eigenvalue weighted by molar-refractivity contribution is 7.85. The molecule has 9 nitrogen and oxygen atoms in total. The highest BCUT2D eigenvalue weighted by atomic mass is 35.5. The second-order valence-electron chi connectivity index (χ2n) is 4.56. The van der Waals surface area contributed by atoms with Crippen molar-refractivity contribution >= 4 is 65.2 Å². The normalized spacial score (nSPS) is 13.2. The first-order chi connectivity index (χ1) is 10.5. The molecule has 0 unspecified atom stereocenters. The molecule has 138 valence electrons. The number of halogens is 3. The molecule has 0 aliphatic carbocycles. The summed E-state index contributed by atoms with van der Waals surface area (Å²) in [7, 11) is -14.1. The standard InChI is InChI=1S/C9H9Cl3O9S3/c10-7-4(1-22(13,14)15)8(11)6(3-24(19,20)21)9(12)5(7)2-23(16,17)18/h1-3H2,(H,13,14,15)(H,16,17,18)(H,19,20,21). The Hall–Kier alpha value is -0.180. The Kier molecular flexibility index (Phi) is 6.57. The van der Waals surface area contributed by atoms with E-state index in [1.807, 2.05) is 0 Å². The molecule has 0 spiro atoms. The SMILES string of the molecule is O=S(=O)(O)Cc1c(Cl)c(CS(=O)(=O)O)c(Cl)c(CS(=O)(=O)O)c1Cl. The summed E-state index contributed by atoms with van der Waals surface area (Å²) >= 11 is 17.5. The number of hydrogen-bond donors (Lipinski definition) is 3. The van der Waals surface area contributed by atoms with Gasteiger partial charge in [-0.05, 0) is 0 Å². The Bertz CT molecular complexity index is 831. The van der Waals surface area contributed by atoms with E-state index in [0.29, 0.717) is 0 Å². The second-order valence-corrected chi connectivity index (χ2v) is 10.0. The van der Waals surface area contributed by atoms with Crippen LogP contribution < -0.4 is 0 Å². The lowest BCUT2D eigenvalue weighted by molar-refractivity contribution is 0.480. The van der Waals surface area contributed by atoms with E-state index in [9.17, 15) is 25.3 Å². The molecular formula is C9H9Cl3O9S3. The first kappa shape index (κ1) is 21.9. The summed E-state index contributed by atoms with van der Waals surface area (Å²) in [6.07, 6.45) is 0. The molecule has 0 saturated carbocycles. The summed E-state index contributed by atoms with van der Waals surface area (Å²) in [5.41, 5.74) is -1.62. The van der Waals surface area contributed by atoms with Crippen molar-refractivity contribution in [3.63, 3.8) is 0 Å². The molecule has 0 radical (unpaired) electrons. The molecule has 1 aromatic carbocycles. The van der Waals surface area contributed by atoms with E-state index in [1.54, 1.807) is 0 Å². The van der Waals surface area contributed by atoms with Crippen molar-refractivity contribution in [2.24, 2.45) is 0 Å². The van der Waals surface area contributed by atoms with Crippen molar-refractivity contribution < 1.29 is 38.9 Å². The van der Waals surface area contributed by atoms with Crippen molar-refractivity contribution in [1.82, 2.24) is 0 Å². The van der Waals surface area contributed by atoms with Crippen LogP contribution in [0.25, 0.3) is 0 Å². The fourth-order valence-corrected chi connectivity index (χ4v) is 5.31. The Morgan fingerprint density at radius 2 is 0.708 bits per heavy atom. The van der Waals surface area contributed by atoms with Crippen LogP contribution in [0.1, 0.15) is 16.7 Å². The van der Waals surface area contributed by atoms with Crippen LogP contribution in [0.2, 0.25) is 15.1 Å². The van der Waals surface area contributed by atoms with Crippen LogP contribution in [-0.2, 0) is 47.6 Å². The van der Waals surface area contributed by atoms with E-state index >= 15 is 0 Å². The summed E-state index contributed by atoms with van der Waals surface area (Å²) in [5, 5.41) is -1.79. The molecule has 0 saturated heterocycles. The lowest BCUT2D eigenvalue weighted by atomic mass is 10.1. The zero-order valence-electron chi connectivity index (χ0n) is 11.3. The lowest BCUT2D eigenvalue weighted by Gasteiger charge is -2.17. The molecule has 15 heteroatoms. The highest BCUT2D eigenvalue weighted by Crippen LogP contribution is 2.40. The van der Waals surface area contributed by atoms with Gasteiger partial charge in [0.05, 0.1) is 15.1 Å². The van der Waals surface area contributed by atoms with Crippen LogP contribution in [0.5, 0.6) is 0 Å². The maximum absolute atomic E-state index is 11.1. The third-order valence-corrected chi connectivity index (χ3v) is 5.90. The molecule has 0 bridgehead atoms. The largest absolute Gasteiger partial charge is 0.285 e. The Balaban J connectivity index is 3.83. The summed E-state index contributed by atoms with van der Waals surface area (Å²) in [4.78, 5) is 0. The minimum absolute atomic E-state index is 0.539. The number of rotatable bonds is 6. The molecule has 1 aromatic rings. The summed E-state index contributed by atoms with van der Waals surface area (Å²) in [6.45, 7) is 0. The quantitative estimate of drug-likeness (QED) is 0.534. The molecule has 0 heterocycles. The van der Waals surface area contributed by atoms with Crippen molar-refractivity contribution in [3.05, 3.63) is 31.8 Å². The van der Waals surface area contributed by atoms with Crippen LogP contribution in [0, 0.1) is 0 Å². The van der Waals surface area contributed by atoms with E-state index in [0.717, 1.165) is 0 Å². The Labute approximate surface area is 152 Å². The highest BCUT2D eigenvalue weighted by Gasteiger charge is 2.28. The number of benzene rings is 1. The van der Waals surface area contributed by atoms with Gasteiger partial charge in [0.1, 0.15) is 17.3 Å². The molecule has 3 N–H and O–H groups in total. The van der Waals surface area contributed by atoms with E-state index in [-0.39, 0.29) is 0 Å². The maximum Gasteiger partial charge on any atom is 0.269 e. The van der Waals surface area contributed by atoms with Gasteiger partial charge in [-0.1, -0.05) is 34.8 Å². The molecule has 0 aliphatic rings. The lowest BCUT2D eigenvalue weighted by Crippen LogP contribution is -2.12. The van der Waals surface area contributed by atoms with Crippen molar-refractivity contribution in [2.75, 3.05) is 0 Å². The fourth-order valence-electron chi connectivity index (χ4n) is 1.76. The molecular weight excluding hydrogens is 455 g/mol. The van der Waals surface area contributed by atoms with Gasteiger partial charge in [-0.15, -0.1) is 0 Å². The minimum atomic E-state index is -4.69. The number of hydrogen-bond acceptors (Lipinski definition) is 6. The van der Waals surface area contributed by atoms with Crippen molar-refractivity contribution in [1.29, 1.82) is 0 Å². The summed E-state index contributed by atoms with van der Waals surface area (Å²) in [6, 6.07) is 0. The molecule has 1 rings (SSSR count). The van der Waals surface area contributed by atoms with E-state index in [2.05, 4.69) is 0 Å². The van der Waals surface area contributed by atoms with Gasteiger partial charge >= 0.3 is 0 Å². The van der Waals surface area contributed by atoms with Crippen LogP contribution in [0.15, 0.2) is 0 Å². The molecule has 0 amide bonds. The summed E-state index contributed by atoms with van der Waals surface area (Å²) < 4.78 is 93.1. The summed E-state index contributed by atoms with van der Waals surface area (Å²) in [5.74, 6) is -3.55. The van der Waals surface area contributed by atoms with Gasteiger partial charge < -0.3 is 0 Å². The van der Waals surface area contributed by atoms with Gasteiger partial charge in [-0.3, -0.25) is 13.7 Å². The van der Waals surface area contributed by atoms with Gasteiger partial charge in [-0.25, -0.2) is 0 Å². The zero-order chi connectivity index (χ0) is 19.1. The third kappa shape index (κ3) is 6.28. The van der Waals surface area contributed by atoms with E-state index in [1.165, 1.54) is 0 Å². The predicted molar refractivity (Wildman–Crippen MR) is 87.2 cm³/mol. The third-order valence-electron chi connectivity index (χ3n) is 2.57. The van der Waals surface area contributed by atoms with Crippen LogP contribution in [0.4, 0.5) is 0 Å². The molecule has 0 aromatic heterocycles. The molecule has 0 aliphatic heterocycles. The smallest absolute Gasteiger partial charge is 0.269 e. The zero-order valence-corrected chi connectivity index (χ0v) is 16.0. The second kappa shape index (κ2) is 7.21. The monoisotopic (exact) mass is 462 g/mol. The Morgan fingerprint density at radius 1 is 0.542 bits per heavy atom. The van der Waals surface area contributed by atoms with Gasteiger partial charge in [0.25, 0.3) is 30.4 Å². The predicted octanol–water partition coefficient (Wildman–Crippen LogP) is 1.81. The fraction of sp³-hybridized carbons (Fsp3) is 0.333. The average Bonchev–Trinajstić information content (AvgIpc) is 2.32. The van der Waals surface area contributed by atoms with Crippen molar-refractivity contribution in [2.45, 2.75) is 17.3 Å². The molecule has 0 fully saturated rings. The van der Waals surface area contributed by atoms with Gasteiger partial charge in [0.15, 0.2) is 0 Å². The van der Waals surface area contributed by atoms with Crippen LogP contribution >= 0.6 is 34.8 Å². The van der Waals surface area contributed by atoms with Crippen molar-refractivity contribution in [3.8, 4) is 0 Å². The van der Waals surface area contributed by atoms with Gasteiger partial charge in [0.2, 0.25) is 0 Å². The molecule has 0 atom stereocenters. The topological polar surface area (TPSA) is 163 Å². The van der Waals surface area contributed by atoms with E-state index < -0.39 is 79.4 Å². The van der Waals surface area contributed by atoms with Gasteiger partial charge in [0, 0.05) is 16.7 Å². The molecule has 24 heavy (non-hydrogen) atoms. The van der Waals surface area contributed by atoms with E-state index in [4.69, 9.17) is 48.5 Å². The maximum atomic E-state index is 11.1. The Morgan fingerprint density at radius 3 is 0.833 bits per heavy atom. The average molecular weight is 464 g/mol. The first-order valence-electron chi connectivity index (χ1n) is 5.54. The van der Waals surface area contributed by atoms with Crippen LogP contribution in [0.3, 0.4) is 0 Å².